The van der Waals surface area contributed by atoms with Crippen LogP contribution in [0.4, 0.5) is 5.69 Å². The molecule has 0 saturated carbocycles. The monoisotopic (exact) mass is 361 g/mol. The van der Waals surface area contributed by atoms with Gasteiger partial charge < -0.3 is 10.1 Å². The van der Waals surface area contributed by atoms with Gasteiger partial charge in [-0.3, -0.25) is 4.79 Å². The van der Waals surface area contributed by atoms with Gasteiger partial charge in [-0.2, -0.15) is 0 Å². The molecule has 4 heteroatoms. The van der Waals surface area contributed by atoms with Gasteiger partial charge in [-0.15, -0.1) is 0 Å². The van der Waals surface area contributed by atoms with Crippen molar-refractivity contribution >= 4 is 27.5 Å². The van der Waals surface area contributed by atoms with Crippen molar-refractivity contribution in [2.24, 2.45) is 0 Å². The number of anilines is 1. The fraction of sp³-hybridized carbons (Fsp3) is 0.278. The average molecular weight is 362 g/mol. The van der Waals surface area contributed by atoms with Crippen molar-refractivity contribution in [1.82, 2.24) is 0 Å². The lowest BCUT2D eigenvalue weighted by Gasteiger charge is -2.17. The Morgan fingerprint density at radius 3 is 2.45 bits per heavy atom. The second kappa shape index (κ2) is 7.45. The van der Waals surface area contributed by atoms with Crippen LogP contribution < -0.4 is 10.1 Å². The van der Waals surface area contributed by atoms with Crippen molar-refractivity contribution in [3.8, 4) is 5.75 Å². The summed E-state index contributed by atoms with van der Waals surface area (Å²) in [6, 6.07) is 13.4. The van der Waals surface area contributed by atoms with E-state index in [0.29, 0.717) is 12.2 Å². The lowest BCUT2D eigenvalue weighted by Crippen LogP contribution is -2.32. The SMILES string of the molecule is CC[C@@H](Oc1ccc(C)cc1)C(=O)Nc1ccc(Br)c(C)c1. The third kappa shape index (κ3) is 4.34. The first-order valence-corrected chi connectivity index (χ1v) is 8.09. The van der Waals surface area contributed by atoms with Crippen LogP contribution in [0.1, 0.15) is 24.5 Å². The van der Waals surface area contributed by atoms with E-state index in [1.54, 1.807) is 0 Å². The minimum atomic E-state index is -0.508. The Morgan fingerprint density at radius 2 is 1.86 bits per heavy atom. The minimum Gasteiger partial charge on any atom is -0.481 e. The van der Waals surface area contributed by atoms with Gasteiger partial charge in [0.25, 0.3) is 5.91 Å². The van der Waals surface area contributed by atoms with Crippen LogP contribution in [0.15, 0.2) is 46.9 Å². The molecular formula is C18H20BrNO2. The van der Waals surface area contributed by atoms with Gasteiger partial charge in [0.1, 0.15) is 5.75 Å². The van der Waals surface area contributed by atoms with Gasteiger partial charge in [-0.1, -0.05) is 40.5 Å². The smallest absolute Gasteiger partial charge is 0.265 e. The summed E-state index contributed by atoms with van der Waals surface area (Å²) in [6.07, 6.45) is 0.0986. The quantitative estimate of drug-likeness (QED) is 0.825. The first-order chi connectivity index (χ1) is 10.5. The number of rotatable bonds is 5. The van der Waals surface area contributed by atoms with E-state index in [1.165, 1.54) is 0 Å². The van der Waals surface area contributed by atoms with E-state index in [-0.39, 0.29) is 5.91 Å². The van der Waals surface area contributed by atoms with Crippen LogP contribution in [0.25, 0.3) is 0 Å². The Morgan fingerprint density at radius 1 is 1.18 bits per heavy atom. The van der Waals surface area contributed by atoms with E-state index in [4.69, 9.17) is 4.74 Å². The molecule has 2 aromatic rings. The van der Waals surface area contributed by atoms with Crippen molar-refractivity contribution < 1.29 is 9.53 Å². The minimum absolute atomic E-state index is 0.134. The normalized spacial score (nSPS) is 11.8. The summed E-state index contributed by atoms with van der Waals surface area (Å²) in [7, 11) is 0. The van der Waals surface area contributed by atoms with E-state index >= 15 is 0 Å². The molecule has 0 bridgehead atoms. The summed E-state index contributed by atoms with van der Waals surface area (Å²) in [6.45, 7) is 5.94. The first kappa shape index (κ1) is 16.6. The average Bonchev–Trinajstić information content (AvgIpc) is 2.50. The van der Waals surface area contributed by atoms with Gasteiger partial charge in [0.15, 0.2) is 6.10 Å². The molecule has 22 heavy (non-hydrogen) atoms. The Balaban J connectivity index is 2.04. The molecule has 0 spiro atoms. The molecule has 0 aliphatic rings. The van der Waals surface area contributed by atoms with Gasteiger partial charge in [-0.25, -0.2) is 0 Å². The first-order valence-electron chi connectivity index (χ1n) is 7.30. The Labute approximate surface area is 139 Å². The third-order valence-electron chi connectivity index (χ3n) is 3.39. The molecule has 3 nitrogen and oxygen atoms in total. The van der Waals surface area contributed by atoms with Gasteiger partial charge in [0.2, 0.25) is 0 Å². The lowest BCUT2D eigenvalue weighted by atomic mass is 10.2. The summed E-state index contributed by atoms with van der Waals surface area (Å²) in [5, 5.41) is 2.91. The van der Waals surface area contributed by atoms with Crippen LogP contribution in [0.5, 0.6) is 5.75 Å². The number of amides is 1. The molecule has 0 aliphatic carbocycles. The lowest BCUT2D eigenvalue weighted by molar-refractivity contribution is -0.122. The van der Waals surface area contributed by atoms with Crippen molar-refractivity contribution in [1.29, 1.82) is 0 Å². The van der Waals surface area contributed by atoms with E-state index in [1.807, 2.05) is 63.2 Å². The summed E-state index contributed by atoms with van der Waals surface area (Å²) >= 11 is 3.45. The van der Waals surface area contributed by atoms with Crippen molar-refractivity contribution in [3.05, 3.63) is 58.1 Å². The molecule has 1 atom stereocenters. The maximum atomic E-state index is 12.4. The third-order valence-corrected chi connectivity index (χ3v) is 4.28. The van der Waals surface area contributed by atoms with Crippen molar-refractivity contribution in [3.63, 3.8) is 0 Å². The van der Waals surface area contributed by atoms with E-state index in [9.17, 15) is 4.79 Å². The van der Waals surface area contributed by atoms with E-state index in [0.717, 1.165) is 21.3 Å². The summed E-state index contributed by atoms with van der Waals surface area (Å²) in [4.78, 5) is 12.4. The second-order valence-electron chi connectivity index (χ2n) is 5.28. The second-order valence-corrected chi connectivity index (χ2v) is 6.14. The zero-order valence-electron chi connectivity index (χ0n) is 13.0. The summed E-state index contributed by atoms with van der Waals surface area (Å²) in [5.41, 5.74) is 3.01. The van der Waals surface area contributed by atoms with Crippen LogP contribution in [0.2, 0.25) is 0 Å². The predicted molar refractivity (Wildman–Crippen MR) is 93.4 cm³/mol. The zero-order chi connectivity index (χ0) is 16.1. The molecule has 0 fully saturated rings. The number of ether oxygens (including phenoxy) is 1. The maximum absolute atomic E-state index is 12.4. The molecular weight excluding hydrogens is 342 g/mol. The highest BCUT2D eigenvalue weighted by molar-refractivity contribution is 9.10. The van der Waals surface area contributed by atoms with Gasteiger partial charge in [-0.05, 0) is 56.2 Å². The number of hydrogen-bond acceptors (Lipinski definition) is 2. The van der Waals surface area contributed by atoms with E-state index < -0.39 is 6.10 Å². The summed E-state index contributed by atoms with van der Waals surface area (Å²) in [5.74, 6) is 0.574. The fourth-order valence-electron chi connectivity index (χ4n) is 2.05. The Bertz CT molecular complexity index is 653. The number of halogens is 1. The highest BCUT2D eigenvalue weighted by Gasteiger charge is 2.18. The van der Waals surface area contributed by atoms with Gasteiger partial charge >= 0.3 is 0 Å². The molecule has 0 aliphatic heterocycles. The van der Waals surface area contributed by atoms with Crippen LogP contribution >= 0.6 is 15.9 Å². The molecule has 0 heterocycles. The van der Waals surface area contributed by atoms with Gasteiger partial charge in [0, 0.05) is 10.2 Å². The molecule has 0 saturated heterocycles. The van der Waals surface area contributed by atoms with Crippen LogP contribution in [-0.4, -0.2) is 12.0 Å². The van der Waals surface area contributed by atoms with E-state index in [2.05, 4.69) is 21.2 Å². The highest BCUT2D eigenvalue weighted by Crippen LogP contribution is 2.21. The molecule has 2 rings (SSSR count). The van der Waals surface area contributed by atoms with Crippen LogP contribution in [0.3, 0.4) is 0 Å². The fourth-order valence-corrected chi connectivity index (χ4v) is 2.30. The maximum Gasteiger partial charge on any atom is 0.265 e. The van der Waals surface area contributed by atoms with Gasteiger partial charge in [0.05, 0.1) is 0 Å². The van der Waals surface area contributed by atoms with Crippen molar-refractivity contribution in [2.45, 2.75) is 33.3 Å². The zero-order valence-corrected chi connectivity index (χ0v) is 14.6. The highest BCUT2D eigenvalue weighted by atomic mass is 79.9. The molecule has 0 unspecified atom stereocenters. The number of nitrogens with one attached hydrogen (secondary N) is 1. The predicted octanol–water partition coefficient (Wildman–Crippen LogP) is 4.86. The number of carbonyl (C=O) groups is 1. The number of carbonyl (C=O) groups excluding carboxylic acids is 1. The molecule has 116 valence electrons. The Hall–Kier alpha value is -1.81. The molecule has 0 aromatic heterocycles. The largest absolute Gasteiger partial charge is 0.481 e. The summed E-state index contributed by atoms with van der Waals surface area (Å²) < 4.78 is 6.81. The molecule has 1 amide bonds. The topological polar surface area (TPSA) is 38.3 Å². The van der Waals surface area contributed by atoms with Crippen molar-refractivity contribution in [2.75, 3.05) is 5.32 Å². The number of aryl methyl sites for hydroxylation is 2. The van der Waals surface area contributed by atoms with Crippen LogP contribution in [0, 0.1) is 13.8 Å². The number of hydrogen-bond donors (Lipinski definition) is 1. The molecule has 2 aromatic carbocycles. The standard InChI is InChI=1S/C18H20BrNO2/c1-4-17(22-15-8-5-12(2)6-9-15)18(21)20-14-7-10-16(19)13(3)11-14/h5-11,17H,4H2,1-3H3,(H,20,21)/t17-/m1/s1. The molecule has 1 N–H and O–H groups in total. The van der Waals surface area contributed by atoms with Crippen LogP contribution in [-0.2, 0) is 4.79 Å². The molecule has 0 radical (unpaired) electrons. The number of benzene rings is 2. The Kier molecular flexibility index (Phi) is 5.61.